The molecule has 0 aliphatic rings. The molecule has 4 nitrogen and oxygen atoms in total. The van der Waals surface area contributed by atoms with Crippen molar-refractivity contribution in [1.29, 1.82) is 0 Å². The molecule has 0 saturated carbocycles. The number of hydrogen-bond donors (Lipinski definition) is 2. The molecular formula is C16H26N2O2. The quantitative estimate of drug-likeness (QED) is 0.804. The summed E-state index contributed by atoms with van der Waals surface area (Å²) in [5.74, 6) is 1.16. The number of benzene rings is 1. The van der Waals surface area contributed by atoms with Gasteiger partial charge in [0.25, 0.3) is 0 Å². The number of aryl methyl sites for hydroxylation is 1. The molecule has 0 bridgehead atoms. The van der Waals surface area contributed by atoms with Crippen molar-refractivity contribution in [1.82, 2.24) is 5.32 Å². The summed E-state index contributed by atoms with van der Waals surface area (Å²) in [6.07, 6.45) is 0.813. The lowest BCUT2D eigenvalue weighted by molar-refractivity contribution is -0.125. The third kappa shape index (κ3) is 4.85. The minimum Gasteiger partial charge on any atom is -0.496 e. The van der Waals surface area contributed by atoms with Crippen LogP contribution in [0.1, 0.15) is 31.4 Å². The first kappa shape index (κ1) is 16.5. The van der Waals surface area contributed by atoms with E-state index in [1.54, 1.807) is 7.11 Å². The zero-order valence-electron chi connectivity index (χ0n) is 12.9. The van der Waals surface area contributed by atoms with Crippen molar-refractivity contribution >= 4 is 5.91 Å². The van der Waals surface area contributed by atoms with E-state index >= 15 is 0 Å². The Kier molecular flexibility index (Phi) is 6.52. The highest BCUT2D eigenvalue weighted by atomic mass is 16.5. The minimum absolute atomic E-state index is 0.0174. The molecule has 1 aromatic carbocycles. The van der Waals surface area contributed by atoms with E-state index in [4.69, 9.17) is 10.5 Å². The molecule has 20 heavy (non-hydrogen) atoms. The number of amides is 1. The van der Waals surface area contributed by atoms with Gasteiger partial charge in [0, 0.05) is 18.7 Å². The van der Waals surface area contributed by atoms with Crippen molar-refractivity contribution in [2.75, 3.05) is 13.7 Å². The topological polar surface area (TPSA) is 64.3 Å². The predicted octanol–water partition coefficient (Wildman–Crippen LogP) is 2.24. The van der Waals surface area contributed by atoms with Crippen molar-refractivity contribution in [3.8, 4) is 5.75 Å². The average Bonchev–Trinajstić information content (AvgIpc) is 2.42. The fraction of sp³-hybridized carbons (Fsp3) is 0.562. The molecule has 112 valence electrons. The number of carbonyl (C=O) groups is 1. The van der Waals surface area contributed by atoms with Gasteiger partial charge in [0.1, 0.15) is 5.75 Å². The summed E-state index contributed by atoms with van der Waals surface area (Å²) in [7, 11) is 1.64. The summed E-state index contributed by atoms with van der Waals surface area (Å²) in [6.45, 7) is 7.06. The Bertz CT molecular complexity index is 444. The van der Waals surface area contributed by atoms with Gasteiger partial charge >= 0.3 is 0 Å². The Hall–Kier alpha value is -1.55. The van der Waals surface area contributed by atoms with Gasteiger partial charge in [-0.25, -0.2) is 0 Å². The van der Waals surface area contributed by atoms with Crippen molar-refractivity contribution < 1.29 is 9.53 Å². The first-order valence-electron chi connectivity index (χ1n) is 7.09. The Morgan fingerprint density at radius 3 is 2.65 bits per heavy atom. The number of methoxy groups -OCH3 is 1. The van der Waals surface area contributed by atoms with Crippen LogP contribution in [0.25, 0.3) is 0 Å². The van der Waals surface area contributed by atoms with E-state index in [1.807, 2.05) is 25.1 Å². The average molecular weight is 278 g/mol. The Morgan fingerprint density at radius 2 is 2.10 bits per heavy atom. The maximum Gasteiger partial charge on any atom is 0.224 e. The van der Waals surface area contributed by atoms with Crippen LogP contribution in [0, 0.1) is 18.8 Å². The van der Waals surface area contributed by atoms with Crippen LogP contribution in [0.3, 0.4) is 0 Å². The third-order valence-electron chi connectivity index (χ3n) is 3.31. The number of rotatable bonds is 7. The van der Waals surface area contributed by atoms with Crippen molar-refractivity contribution in [3.05, 3.63) is 29.3 Å². The zero-order chi connectivity index (χ0) is 15.1. The van der Waals surface area contributed by atoms with E-state index in [2.05, 4.69) is 19.2 Å². The second-order valence-corrected chi connectivity index (χ2v) is 5.60. The molecule has 1 amide bonds. The highest BCUT2D eigenvalue weighted by Gasteiger charge is 2.18. The Balaban J connectivity index is 2.64. The van der Waals surface area contributed by atoms with Gasteiger partial charge in [0.2, 0.25) is 5.91 Å². The van der Waals surface area contributed by atoms with Crippen LogP contribution in [0.15, 0.2) is 18.2 Å². The first-order chi connectivity index (χ1) is 9.47. The van der Waals surface area contributed by atoms with Gasteiger partial charge in [-0.3, -0.25) is 4.79 Å². The van der Waals surface area contributed by atoms with Gasteiger partial charge < -0.3 is 15.8 Å². The first-order valence-corrected chi connectivity index (χ1v) is 7.09. The fourth-order valence-corrected chi connectivity index (χ4v) is 2.20. The van der Waals surface area contributed by atoms with E-state index in [0.29, 0.717) is 19.0 Å². The van der Waals surface area contributed by atoms with Gasteiger partial charge in [0.15, 0.2) is 0 Å². The van der Waals surface area contributed by atoms with Gasteiger partial charge in [0.05, 0.1) is 13.0 Å². The lowest BCUT2D eigenvalue weighted by Crippen LogP contribution is -2.35. The van der Waals surface area contributed by atoms with Gasteiger partial charge in [-0.2, -0.15) is 0 Å². The van der Waals surface area contributed by atoms with E-state index in [1.165, 1.54) is 0 Å². The second kappa shape index (κ2) is 7.90. The van der Waals surface area contributed by atoms with E-state index in [0.717, 1.165) is 23.3 Å². The molecule has 1 aromatic rings. The molecule has 0 saturated heterocycles. The van der Waals surface area contributed by atoms with Crippen molar-refractivity contribution in [2.45, 2.75) is 33.7 Å². The molecule has 4 heteroatoms. The van der Waals surface area contributed by atoms with Crippen LogP contribution >= 0.6 is 0 Å². The molecule has 3 N–H and O–H groups in total. The minimum atomic E-state index is -0.119. The SMILES string of the molecule is COc1cc(C)ccc1CNC(=O)C(CN)CC(C)C. The molecule has 0 aliphatic heterocycles. The van der Waals surface area contributed by atoms with Crippen LogP contribution in [-0.2, 0) is 11.3 Å². The molecule has 0 fully saturated rings. The Morgan fingerprint density at radius 1 is 1.40 bits per heavy atom. The fourth-order valence-electron chi connectivity index (χ4n) is 2.20. The lowest BCUT2D eigenvalue weighted by atomic mass is 9.96. The zero-order valence-corrected chi connectivity index (χ0v) is 12.9. The largest absolute Gasteiger partial charge is 0.496 e. The molecule has 0 aliphatic carbocycles. The number of carbonyl (C=O) groups excluding carboxylic acids is 1. The summed E-state index contributed by atoms with van der Waals surface area (Å²) >= 11 is 0. The molecule has 0 radical (unpaired) electrons. The molecule has 1 rings (SSSR count). The molecule has 1 unspecified atom stereocenters. The molecule has 0 heterocycles. The van der Waals surface area contributed by atoms with Crippen LogP contribution in [0.5, 0.6) is 5.75 Å². The number of nitrogens with two attached hydrogens (primary N) is 1. The molecular weight excluding hydrogens is 252 g/mol. The van der Waals surface area contributed by atoms with Crippen molar-refractivity contribution in [3.63, 3.8) is 0 Å². The van der Waals surface area contributed by atoms with E-state index in [9.17, 15) is 4.79 Å². The molecule has 0 spiro atoms. The Labute approximate surface area is 121 Å². The van der Waals surface area contributed by atoms with E-state index < -0.39 is 0 Å². The van der Waals surface area contributed by atoms with Gasteiger partial charge in [-0.1, -0.05) is 26.0 Å². The monoisotopic (exact) mass is 278 g/mol. The maximum atomic E-state index is 12.1. The smallest absolute Gasteiger partial charge is 0.224 e. The highest BCUT2D eigenvalue weighted by Crippen LogP contribution is 2.20. The van der Waals surface area contributed by atoms with Crippen molar-refractivity contribution in [2.24, 2.45) is 17.6 Å². The van der Waals surface area contributed by atoms with E-state index in [-0.39, 0.29) is 11.8 Å². The van der Waals surface area contributed by atoms with Crippen LogP contribution in [0.4, 0.5) is 0 Å². The number of ether oxygens (including phenoxy) is 1. The molecule has 0 aromatic heterocycles. The maximum absolute atomic E-state index is 12.1. The van der Waals surface area contributed by atoms with Gasteiger partial charge in [-0.05, 0) is 30.9 Å². The summed E-state index contributed by atoms with van der Waals surface area (Å²) in [6, 6.07) is 5.96. The summed E-state index contributed by atoms with van der Waals surface area (Å²) in [4.78, 5) is 12.1. The summed E-state index contributed by atoms with van der Waals surface area (Å²) in [5, 5.41) is 2.95. The van der Waals surface area contributed by atoms with Crippen LogP contribution in [0.2, 0.25) is 0 Å². The lowest BCUT2D eigenvalue weighted by Gasteiger charge is -2.17. The third-order valence-corrected chi connectivity index (χ3v) is 3.31. The summed E-state index contributed by atoms with van der Waals surface area (Å²) < 4.78 is 5.33. The van der Waals surface area contributed by atoms with Crippen LogP contribution < -0.4 is 15.8 Å². The number of nitrogens with one attached hydrogen (secondary N) is 1. The predicted molar refractivity (Wildman–Crippen MR) is 81.6 cm³/mol. The van der Waals surface area contributed by atoms with Crippen LogP contribution in [-0.4, -0.2) is 19.6 Å². The summed E-state index contributed by atoms with van der Waals surface area (Å²) in [5.41, 5.74) is 7.80. The standard InChI is InChI=1S/C16H26N2O2/c1-11(2)7-14(9-17)16(19)18-10-13-6-5-12(3)8-15(13)20-4/h5-6,8,11,14H,7,9-10,17H2,1-4H3,(H,18,19). The highest BCUT2D eigenvalue weighted by molar-refractivity contribution is 5.78. The number of hydrogen-bond acceptors (Lipinski definition) is 3. The van der Waals surface area contributed by atoms with Gasteiger partial charge in [-0.15, -0.1) is 0 Å². The second-order valence-electron chi connectivity index (χ2n) is 5.60. The molecule has 1 atom stereocenters. The normalized spacial score (nSPS) is 12.3.